The summed E-state index contributed by atoms with van der Waals surface area (Å²) in [5.74, 6) is -1.08. The van der Waals surface area contributed by atoms with Gasteiger partial charge in [0.1, 0.15) is 96.3 Å². The van der Waals surface area contributed by atoms with Gasteiger partial charge in [0.15, 0.2) is 24.8 Å². The molecular formula is C50H76N2Na14O64S16. The molecule has 2 amide bonds. The number of hydrogen-bond donors (Lipinski definition) is 16. The molecule has 20 atom stereocenters. The van der Waals surface area contributed by atoms with Crippen LogP contribution in [-0.4, -0.2) is 755 Å². The Bertz CT molecular complexity index is 5680. The van der Waals surface area contributed by atoms with Crippen molar-refractivity contribution < 1.29 is 278 Å². The topological polar surface area (TPSA) is 1000 Å². The maximum absolute atomic E-state index is 13.0. The van der Waals surface area contributed by atoms with Gasteiger partial charge in [0, 0.05) is 448 Å². The van der Waals surface area contributed by atoms with E-state index < -0.39 is 305 Å². The van der Waals surface area contributed by atoms with Crippen molar-refractivity contribution in [3.63, 3.8) is 0 Å². The molecule has 6 rings (SSSR count). The Morgan fingerprint density at radius 1 is 0.233 bits per heavy atom. The molecule has 780 valence electrons. The predicted molar refractivity (Wildman–Crippen MR) is 496 cm³/mol. The van der Waals surface area contributed by atoms with Gasteiger partial charge in [0.2, 0.25) is 11.8 Å². The van der Waals surface area contributed by atoms with Crippen molar-refractivity contribution in [2.45, 2.75) is 208 Å². The first-order valence-electron chi connectivity index (χ1n) is 35.0. The van der Waals surface area contributed by atoms with E-state index in [1.165, 1.54) is 24.3 Å². The van der Waals surface area contributed by atoms with Gasteiger partial charge in [0.05, 0.1) is 26.4 Å². The number of anilines is 2. The summed E-state index contributed by atoms with van der Waals surface area (Å²) in [6, 6.07) is 9.32. The average molecular weight is 2560 g/mol. The van der Waals surface area contributed by atoms with Crippen LogP contribution in [0.4, 0.5) is 11.4 Å². The Labute approximate surface area is 1160 Å². The molecule has 0 aromatic heterocycles. The molecular weight excluding hydrogens is 2490 g/mol. The number of nitrogens with one attached hydrogen (secondary N) is 2. The molecule has 0 aliphatic carbocycles. The fourth-order valence-electron chi connectivity index (χ4n) is 12.1. The minimum absolute atomic E-state index is 0. The zero-order valence-electron chi connectivity index (χ0n) is 78.7. The number of rotatable bonds is 55. The predicted octanol–water partition coefficient (Wildman–Crippen LogP) is -9.37. The number of carbonyl (C=O) groups excluding carboxylic acids is 2. The first-order chi connectivity index (χ1) is 59.9. The van der Waals surface area contributed by atoms with Crippen LogP contribution < -0.4 is 10.6 Å². The second kappa shape index (κ2) is 76.0. The van der Waals surface area contributed by atoms with E-state index in [4.69, 9.17) is 28.4 Å². The van der Waals surface area contributed by atoms with Gasteiger partial charge >= 0.3 is 146 Å². The van der Waals surface area contributed by atoms with Gasteiger partial charge in [-0.15, -0.1) is 0 Å². The molecule has 16 N–H and O–H groups in total. The summed E-state index contributed by atoms with van der Waals surface area (Å²) in [6.07, 6.45) is -49.4. The number of thioether (sulfide) groups is 2. The molecule has 2 aromatic carbocycles. The summed E-state index contributed by atoms with van der Waals surface area (Å²) in [7, 11) is -84.5. The first-order valence-corrected chi connectivity index (χ1v) is 55.9. The maximum atomic E-state index is 13.0. The van der Waals surface area contributed by atoms with Crippen LogP contribution in [0.5, 0.6) is 0 Å². The summed E-state index contributed by atoms with van der Waals surface area (Å²) in [5, 5.41) is 5.14. The molecule has 4 aliphatic heterocycles. The molecule has 0 saturated carbocycles. The number of unbranched alkanes of at least 4 members (excludes halogenated alkanes) is 9. The Hall–Kier alpha value is 10.0. The van der Waals surface area contributed by atoms with Crippen molar-refractivity contribution in [2.24, 2.45) is 0 Å². The fraction of sp³-hybridized carbons (Fsp3) is 0.720. The Kier molecular flexibility index (Phi) is 90.3. The molecule has 4 fully saturated rings. The second-order valence-corrected chi connectivity index (χ2v) is 43.7. The normalized spacial score (nSPS) is 24.8. The SMILES string of the molecule is O=C(CCCCCCCCCCCCC(=O)Nc1ccc(S[C@@H]2O[C@H](COS(=O)(=O)O)[C@@H](O[C@H]3O[C@H](COS(=O)(=O)O)[C@@H](OS(=O)(=O)O)[C@H](OS(=O)(=O)O)[C@H]3OS(=O)(=O)O)[C@H](OS(=O)(=O)O)[C@H]2OS(=O)(=O)O)cc1)Nc1ccc(S[C@@H]2O[C@H](COS(=O)(=O)O)[C@@H](O[C@H]3O[C@H](COS(=O)(=O)O)[C@@H](OS(=O)(=O)O)[C@H](OS(=O)(=O)O)[C@H]3OS(=O)(=O)O)[C@H](OS(=O)(=O)O)[C@H]2OS(=O)(=O)O)cc1.[Na].[Na].[Na].[Na].[Na].[Na].[Na].[Na].[Na].[Na].[Na].[Na].[Na].[Na]. The smallest absolute Gasteiger partial charge is 0.356 e. The molecule has 14 radical (unpaired) electrons. The summed E-state index contributed by atoms with van der Waals surface area (Å²) in [6.45, 7) is -7.37. The third-order valence-electron chi connectivity index (χ3n) is 16.6. The third kappa shape index (κ3) is 72.5. The van der Waals surface area contributed by atoms with Crippen LogP contribution in [-0.2, 0) is 242 Å². The molecule has 4 aliphatic rings. The number of amides is 2. The molecule has 4 heterocycles. The summed E-state index contributed by atoms with van der Waals surface area (Å²) in [5.41, 5.74) is -4.51. The Balaban J connectivity index is -0.00000192. The van der Waals surface area contributed by atoms with Crippen molar-refractivity contribution in [2.75, 3.05) is 37.1 Å². The van der Waals surface area contributed by atoms with Gasteiger partial charge < -0.3 is 39.1 Å². The second-order valence-electron chi connectivity index (χ2n) is 26.5. The van der Waals surface area contributed by atoms with Crippen LogP contribution in [0.15, 0.2) is 58.3 Å². The quantitative estimate of drug-likeness (QED) is 0.0166. The molecule has 4 saturated heterocycles. The Morgan fingerprint density at radius 2 is 0.411 bits per heavy atom. The van der Waals surface area contributed by atoms with E-state index in [0.29, 0.717) is 51.4 Å². The van der Waals surface area contributed by atoms with Crippen molar-refractivity contribution in [3.05, 3.63) is 48.5 Å². The van der Waals surface area contributed by atoms with E-state index in [1.807, 2.05) is 0 Å². The monoisotopic (exact) mass is 2560 g/mol. The van der Waals surface area contributed by atoms with Crippen LogP contribution in [0, 0.1) is 0 Å². The van der Waals surface area contributed by atoms with Crippen molar-refractivity contribution in [3.8, 4) is 0 Å². The van der Waals surface area contributed by atoms with Gasteiger partial charge in [-0.2, -0.15) is 118 Å². The van der Waals surface area contributed by atoms with E-state index in [0.717, 1.165) is 37.1 Å². The summed E-state index contributed by atoms with van der Waals surface area (Å²) in [4.78, 5) is 25.7. The van der Waals surface area contributed by atoms with E-state index in [1.54, 1.807) is 0 Å². The summed E-state index contributed by atoms with van der Waals surface area (Å²) >= 11 is 0.442. The van der Waals surface area contributed by atoms with E-state index in [-0.39, 0.29) is 471 Å². The van der Waals surface area contributed by atoms with Crippen LogP contribution in [0.1, 0.15) is 77.0 Å². The maximum Gasteiger partial charge on any atom is 0.397 e. The molecule has 146 heavy (non-hydrogen) atoms. The van der Waals surface area contributed by atoms with Gasteiger partial charge in [-0.25, -0.2) is 58.6 Å². The fourth-order valence-corrected chi connectivity index (χ4v) is 20.7. The molecule has 96 heteroatoms. The minimum Gasteiger partial charge on any atom is -0.356 e. The number of carbonyl (C=O) groups is 2. The van der Waals surface area contributed by atoms with Crippen LogP contribution in [0.25, 0.3) is 0 Å². The van der Waals surface area contributed by atoms with E-state index >= 15 is 0 Å². The summed E-state index contributed by atoms with van der Waals surface area (Å²) < 4.78 is 568. The molecule has 66 nitrogen and oxygen atoms in total. The number of ether oxygens (including phenoxy) is 6. The largest absolute Gasteiger partial charge is 0.397 e. The third-order valence-corrected chi connectivity index (χ3v) is 25.3. The van der Waals surface area contributed by atoms with Crippen molar-refractivity contribution in [1.29, 1.82) is 0 Å². The number of hydrogen-bond acceptors (Lipinski definition) is 52. The standard InChI is InChI=1S/C50H76N2O64S16.14Na/c53-33(51-25-13-17-27(18-14-25)117-49-45(115-131(91,92)93)39(109-125(73,74)75)35(29(103-49)21-97-119(55,56)57)105-47-43(113-129(85,86)87)41(111-127(79,80)81)37(107-123(67,68)69)31(101-47)23-99-121(61,62)63)11-9-7-5-3-1-2-4-6-8-10-12-34(54)52-26-15-19-28(20-16-26)118-50-46(116-132(94,95)96)40(110-126(76,77)78)36(30(104-50)22-98-120(58,59)60)106-48-44(114-130(88,89)90)42(112-128(82,83)84)38(108-124(70,71)72)32(102-48)24-100-122(64,65)66;;;;;;;;;;;;;;/h13-20,29-32,35-50H,1-12,21-24H2,(H,51,53)(H,52,54)(H,55,56,57)(H,58,59,60)(H,61,62,63)(H,64,65,66)(H,67,68,69)(H,70,71,72)(H,73,74,75)(H,76,77,78)(H,79,80,81)(H,82,83,84)(H,85,86,87)(H,88,89,90)(H,91,92,93)(H,94,95,96);;;;;;;;;;;;;;/t29-,30-,31-,32-,35-,36-,37-,38-,39+,40+,41+,42+,43-,44-,45-,46-,47-,48-,49+,50+;;;;;;;;;;;;;;/m1............../s1. The minimum atomic E-state index is -6.24. The zero-order chi connectivity index (χ0) is 100.0. The van der Waals surface area contributed by atoms with Crippen molar-refractivity contribution >= 4 is 606 Å². The Morgan fingerprint density at radius 3 is 0.616 bits per heavy atom. The first kappa shape index (κ1) is 173. The van der Waals surface area contributed by atoms with E-state index in [9.17, 15) is 191 Å². The van der Waals surface area contributed by atoms with Gasteiger partial charge in [0.25, 0.3) is 0 Å². The molecule has 0 bridgehead atoms. The molecule has 2 aromatic rings. The van der Waals surface area contributed by atoms with Crippen LogP contribution >= 0.6 is 23.5 Å². The van der Waals surface area contributed by atoms with Gasteiger partial charge in [-0.3, -0.25) is 73.3 Å². The van der Waals surface area contributed by atoms with Gasteiger partial charge in [-0.05, 0) is 61.4 Å². The molecule has 0 spiro atoms. The van der Waals surface area contributed by atoms with Crippen LogP contribution in [0.3, 0.4) is 0 Å². The van der Waals surface area contributed by atoms with E-state index in [2.05, 4.69) is 69.2 Å². The average Bonchev–Trinajstić information content (AvgIpc) is 0.754. The number of benzene rings is 2. The molecule has 0 unspecified atom stereocenters. The van der Waals surface area contributed by atoms with Gasteiger partial charge in [-0.1, -0.05) is 74.9 Å². The zero-order valence-corrected chi connectivity index (χ0v) is 120. The van der Waals surface area contributed by atoms with Crippen LogP contribution in [0.2, 0.25) is 0 Å². The van der Waals surface area contributed by atoms with Crippen molar-refractivity contribution in [1.82, 2.24) is 0 Å².